The van der Waals surface area contributed by atoms with Crippen LogP contribution >= 0.6 is 0 Å². The number of piperidine rings is 1. The van der Waals surface area contributed by atoms with Gasteiger partial charge in [0.25, 0.3) is 0 Å². The molecule has 0 aromatic heterocycles. The van der Waals surface area contributed by atoms with Gasteiger partial charge < -0.3 is 10.2 Å². The zero-order valence-corrected chi connectivity index (χ0v) is 15.7. The maximum absolute atomic E-state index is 12.3. The van der Waals surface area contributed by atoms with Crippen LogP contribution in [0.15, 0.2) is 35.4 Å². The van der Waals surface area contributed by atoms with Gasteiger partial charge in [-0.25, -0.2) is 5.01 Å². The number of carbonyl (C=O) groups excluding carboxylic acids is 3. The van der Waals surface area contributed by atoms with Crippen molar-refractivity contribution in [3.63, 3.8) is 0 Å². The highest BCUT2D eigenvalue weighted by atomic mass is 16.2. The van der Waals surface area contributed by atoms with Crippen molar-refractivity contribution in [2.75, 3.05) is 19.6 Å². The second kappa shape index (κ2) is 8.79. The summed E-state index contributed by atoms with van der Waals surface area (Å²) in [5.41, 5.74) is 1.94. The molecule has 2 aliphatic heterocycles. The zero-order chi connectivity index (χ0) is 19.2. The quantitative estimate of drug-likeness (QED) is 0.853. The van der Waals surface area contributed by atoms with Crippen LogP contribution in [0.5, 0.6) is 0 Å². The van der Waals surface area contributed by atoms with E-state index in [0.29, 0.717) is 19.6 Å². The molecule has 1 saturated heterocycles. The second-order valence-electron chi connectivity index (χ2n) is 7.03. The molecule has 2 aliphatic rings. The first-order valence-corrected chi connectivity index (χ1v) is 9.51. The Morgan fingerprint density at radius 2 is 1.78 bits per heavy atom. The first-order valence-electron chi connectivity index (χ1n) is 9.51. The smallest absolute Gasteiger partial charge is 0.243 e. The van der Waals surface area contributed by atoms with Crippen molar-refractivity contribution in [3.05, 3.63) is 35.9 Å². The summed E-state index contributed by atoms with van der Waals surface area (Å²) in [4.78, 5) is 37.6. The van der Waals surface area contributed by atoms with E-state index in [-0.39, 0.29) is 36.6 Å². The molecule has 3 rings (SSSR count). The topological polar surface area (TPSA) is 82.1 Å². The Kier molecular flexibility index (Phi) is 6.21. The fraction of sp³-hybridized carbons (Fsp3) is 0.500. The van der Waals surface area contributed by atoms with Gasteiger partial charge in [0, 0.05) is 45.3 Å². The van der Waals surface area contributed by atoms with E-state index in [2.05, 4.69) is 10.4 Å². The molecule has 7 heteroatoms. The predicted molar refractivity (Wildman–Crippen MR) is 102 cm³/mol. The van der Waals surface area contributed by atoms with Crippen LogP contribution in [0, 0.1) is 0 Å². The van der Waals surface area contributed by atoms with Gasteiger partial charge in [-0.05, 0) is 18.4 Å². The van der Waals surface area contributed by atoms with Crippen molar-refractivity contribution in [1.82, 2.24) is 15.2 Å². The maximum atomic E-state index is 12.3. The lowest BCUT2D eigenvalue weighted by atomic mass is 10.0. The Balaban J connectivity index is 1.41. The monoisotopic (exact) mass is 370 g/mol. The van der Waals surface area contributed by atoms with Crippen molar-refractivity contribution < 1.29 is 14.4 Å². The van der Waals surface area contributed by atoms with Crippen LogP contribution in [0.1, 0.15) is 44.6 Å². The van der Waals surface area contributed by atoms with Crippen LogP contribution in [0.4, 0.5) is 0 Å². The van der Waals surface area contributed by atoms with E-state index in [4.69, 9.17) is 0 Å². The van der Waals surface area contributed by atoms with Gasteiger partial charge in [-0.1, -0.05) is 30.3 Å². The number of carbonyl (C=O) groups is 3. The van der Waals surface area contributed by atoms with E-state index in [1.807, 2.05) is 30.3 Å². The molecule has 1 N–H and O–H groups in total. The normalized spacial score (nSPS) is 17.6. The lowest BCUT2D eigenvalue weighted by Gasteiger charge is -2.31. The third-order valence-electron chi connectivity index (χ3n) is 5.07. The number of nitrogens with one attached hydrogen (secondary N) is 1. The molecule has 0 atom stereocenters. The van der Waals surface area contributed by atoms with Crippen LogP contribution in [-0.2, 0) is 14.4 Å². The average Bonchev–Trinajstić information content (AvgIpc) is 3.17. The number of rotatable bonds is 5. The Hall–Kier alpha value is -2.70. The van der Waals surface area contributed by atoms with Crippen molar-refractivity contribution >= 4 is 23.4 Å². The molecule has 1 aromatic rings. The zero-order valence-electron chi connectivity index (χ0n) is 15.7. The lowest BCUT2D eigenvalue weighted by molar-refractivity contribution is -0.133. The van der Waals surface area contributed by atoms with E-state index in [0.717, 1.165) is 30.5 Å². The molecule has 0 saturated carbocycles. The number of hydrogen-bond acceptors (Lipinski definition) is 4. The van der Waals surface area contributed by atoms with Gasteiger partial charge in [0.05, 0.1) is 12.3 Å². The Morgan fingerprint density at radius 3 is 2.44 bits per heavy atom. The number of hydrogen-bond donors (Lipinski definition) is 1. The molecule has 144 valence electrons. The van der Waals surface area contributed by atoms with Gasteiger partial charge in [0.15, 0.2) is 0 Å². The average molecular weight is 370 g/mol. The van der Waals surface area contributed by atoms with Crippen molar-refractivity contribution in [2.24, 2.45) is 5.10 Å². The minimum atomic E-state index is -0.123. The molecule has 0 aliphatic carbocycles. The predicted octanol–water partition coefficient (Wildman–Crippen LogP) is 1.53. The molecule has 7 nitrogen and oxygen atoms in total. The summed E-state index contributed by atoms with van der Waals surface area (Å²) in [5, 5.41) is 8.86. The summed E-state index contributed by atoms with van der Waals surface area (Å²) in [5.74, 6) is -0.162. The summed E-state index contributed by atoms with van der Waals surface area (Å²) in [7, 11) is 0. The molecule has 1 fully saturated rings. The summed E-state index contributed by atoms with van der Waals surface area (Å²) in [6, 6.07) is 9.90. The second-order valence-corrected chi connectivity index (χ2v) is 7.03. The third kappa shape index (κ3) is 5.15. The van der Waals surface area contributed by atoms with E-state index in [9.17, 15) is 14.4 Å². The van der Waals surface area contributed by atoms with Crippen LogP contribution in [0.3, 0.4) is 0 Å². The highest BCUT2D eigenvalue weighted by Crippen LogP contribution is 2.15. The Bertz CT molecular complexity index is 724. The number of amides is 3. The van der Waals surface area contributed by atoms with Crippen LogP contribution in [0.25, 0.3) is 0 Å². The molecule has 1 aromatic carbocycles. The van der Waals surface area contributed by atoms with Crippen molar-refractivity contribution in [1.29, 1.82) is 0 Å². The van der Waals surface area contributed by atoms with Gasteiger partial charge in [0.1, 0.15) is 0 Å². The largest absolute Gasteiger partial charge is 0.353 e. The van der Waals surface area contributed by atoms with Gasteiger partial charge in [0.2, 0.25) is 17.7 Å². The minimum Gasteiger partial charge on any atom is -0.353 e. The first-order chi connectivity index (χ1) is 13.0. The van der Waals surface area contributed by atoms with E-state index in [1.54, 1.807) is 11.8 Å². The molecule has 2 heterocycles. The van der Waals surface area contributed by atoms with Gasteiger partial charge in [-0.15, -0.1) is 0 Å². The molecule has 0 radical (unpaired) electrons. The molecule has 0 bridgehead atoms. The Morgan fingerprint density at radius 1 is 1.07 bits per heavy atom. The molecule has 0 spiro atoms. The van der Waals surface area contributed by atoms with E-state index in [1.165, 1.54) is 5.01 Å². The molecular weight excluding hydrogens is 344 g/mol. The minimum absolute atomic E-state index is 0.0754. The van der Waals surface area contributed by atoms with Crippen LogP contribution in [0.2, 0.25) is 0 Å². The summed E-state index contributed by atoms with van der Waals surface area (Å²) >= 11 is 0. The Labute approximate surface area is 159 Å². The fourth-order valence-corrected chi connectivity index (χ4v) is 3.46. The van der Waals surface area contributed by atoms with Crippen LogP contribution in [-0.4, -0.2) is 59.0 Å². The first kappa shape index (κ1) is 19.1. The van der Waals surface area contributed by atoms with E-state index < -0.39 is 0 Å². The van der Waals surface area contributed by atoms with Crippen molar-refractivity contribution in [2.45, 2.75) is 45.1 Å². The number of likely N-dealkylation sites (tertiary alicyclic amines) is 1. The van der Waals surface area contributed by atoms with Crippen LogP contribution < -0.4 is 5.32 Å². The standard InChI is InChI=1S/C20H26N4O3/c1-15(25)23-12-9-17(10-13-23)21-19(26)7-8-20(27)24-14-11-18(22-24)16-5-3-2-4-6-16/h2-6,17H,7-14H2,1H3,(H,21,26). The molecule has 0 unspecified atom stereocenters. The van der Waals surface area contributed by atoms with E-state index >= 15 is 0 Å². The number of nitrogens with zero attached hydrogens (tertiary/aromatic N) is 3. The molecular formula is C20H26N4O3. The third-order valence-corrected chi connectivity index (χ3v) is 5.07. The maximum Gasteiger partial charge on any atom is 0.243 e. The fourth-order valence-electron chi connectivity index (χ4n) is 3.46. The highest BCUT2D eigenvalue weighted by molar-refractivity contribution is 6.02. The number of hydrazone groups is 1. The highest BCUT2D eigenvalue weighted by Gasteiger charge is 2.24. The summed E-state index contributed by atoms with van der Waals surface area (Å²) in [6.07, 6.45) is 2.57. The summed E-state index contributed by atoms with van der Waals surface area (Å²) < 4.78 is 0. The SMILES string of the molecule is CC(=O)N1CCC(NC(=O)CCC(=O)N2CCC(c3ccccc3)=N2)CC1. The molecule has 27 heavy (non-hydrogen) atoms. The van der Waals surface area contributed by atoms with Crippen molar-refractivity contribution in [3.8, 4) is 0 Å². The lowest BCUT2D eigenvalue weighted by Crippen LogP contribution is -2.46. The summed E-state index contributed by atoms with van der Waals surface area (Å²) in [6.45, 7) is 3.47. The number of benzene rings is 1. The molecule has 3 amide bonds. The van der Waals surface area contributed by atoms with Gasteiger partial charge in [-0.2, -0.15) is 5.10 Å². The van der Waals surface area contributed by atoms with Gasteiger partial charge >= 0.3 is 0 Å². The van der Waals surface area contributed by atoms with Gasteiger partial charge in [-0.3, -0.25) is 14.4 Å².